The van der Waals surface area contributed by atoms with Crippen LogP contribution < -0.4 is 14.8 Å². The Labute approximate surface area is 123 Å². The number of nitrogens with one attached hydrogen (secondary N) is 1. The number of ether oxygens (including phenoxy) is 2. The highest BCUT2D eigenvalue weighted by Gasteiger charge is 2.07. The summed E-state index contributed by atoms with van der Waals surface area (Å²) in [6, 6.07) is 7.83. The number of benzene rings is 1. The fourth-order valence-electron chi connectivity index (χ4n) is 2.19. The van der Waals surface area contributed by atoms with Gasteiger partial charge < -0.3 is 19.7 Å². The van der Waals surface area contributed by atoms with Crippen LogP contribution in [0.25, 0.3) is 0 Å². The van der Waals surface area contributed by atoms with Gasteiger partial charge in [0.25, 0.3) is 0 Å². The maximum absolute atomic E-state index is 5.82. The molecule has 0 fully saturated rings. The highest BCUT2D eigenvalue weighted by Crippen LogP contribution is 2.26. The summed E-state index contributed by atoms with van der Waals surface area (Å²) in [5.74, 6) is 2.29. The third-order valence-electron chi connectivity index (χ3n) is 3.06. The molecule has 0 aliphatic rings. The van der Waals surface area contributed by atoms with Gasteiger partial charge in [-0.15, -0.1) is 0 Å². The van der Waals surface area contributed by atoms with Crippen molar-refractivity contribution in [2.45, 2.75) is 13.8 Å². The topological polar surface area (TPSA) is 33.7 Å². The molecule has 0 saturated carbocycles. The van der Waals surface area contributed by atoms with Crippen LogP contribution in [0, 0.1) is 5.92 Å². The number of likely N-dealkylation sites (N-methyl/N-ethyl adjacent to an activating group) is 1. The highest BCUT2D eigenvalue weighted by atomic mass is 16.5. The molecular weight excluding hydrogens is 252 g/mol. The van der Waals surface area contributed by atoms with E-state index >= 15 is 0 Å². The molecule has 0 radical (unpaired) electrons. The Kier molecular flexibility index (Phi) is 8.07. The molecule has 1 aromatic carbocycles. The molecule has 0 aliphatic carbocycles. The van der Waals surface area contributed by atoms with Crippen LogP contribution in [0.2, 0.25) is 0 Å². The fraction of sp³-hybridized carbons (Fsp3) is 0.625. The molecule has 20 heavy (non-hydrogen) atoms. The van der Waals surface area contributed by atoms with Gasteiger partial charge in [-0.3, -0.25) is 0 Å². The third-order valence-corrected chi connectivity index (χ3v) is 3.06. The van der Waals surface area contributed by atoms with E-state index in [9.17, 15) is 0 Å². The second kappa shape index (κ2) is 9.61. The van der Waals surface area contributed by atoms with E-state index in [0.29, 0.717) is 19.1 Å². The molecule has 1 unspecified atom stereocenters. The Bertz CT molecular complexity index is 371. The molecule has 0 spiro atoms. The summed E-state index contributed by atoms with van der Waals surface area (Å²) in [5.41, 5.74) is 0. The van der Waals surface area contributed by atoms with Crippen LogP contribution in [-0.4, -0.2) is 51.8 Å². The van der Waals surface area contributed by atoms with Gasteiger partial charge in [0.2, 0.25) is 0 Å². The van der Waals surface area contributed by atoms with E-state index < -0.39 is 0 Å². The predicted octanol–water partition coefficient (Wildman–Crippen LogP) is 2.25. The first-order valence-electron chi connectivity index (χ1n) is 7.35. The lowest BCUT2D eigenvalue weighted by molar-refractivity contribution is 0.210. The van der Waals surface area contributed by atoms with Crippen molar-refractivity contribution in [2.24, 2.45) is 5.92 Å². The highest BCUT2D eigenvalue weighted by molar-refractivity contribution is 5.39. The maximum atomic E-state index is 5.82. The molecule has 4 nitrogen and oxygen atoms in total. The van der Waals surface area contributed by atoms with Crippen molar-refractivity contribution in [2.75, 3.05) is 46.9 Å². The molecule has 0 saturated heterocycles. The van der Waals surface area contributed by atoms with E-state index in [1.807, 2.05) is 38.2 Å². The summed E-state index contributed by atoms with van der Waals surface area (Å²) in [6.45, 7) is 8.57. The standard InChI is InChI=1S/C16H28N2O2/c1-5-19-15-8-6-7-9-16(15)20-11-10-18(4)13-14(2)12-17-3/h6-9,14,17H,5,10-13H2,1-4H3. The average molecular weight is 280 g/mol. The van der Waals surface area contributed by atoms with Crippen molar-refractivity contribution >= 4 is 0 Å². The molecule has 1 atom stereocenters. The lowest BCUT2D eigenvalue weighted by atomic mass is 10.2. The number of hydrogen-bond donors (Lipinski definition) is 1. The van der Waals surface area contributed by atoms with Crippen LogP contribution >= 0.6 is 0 Å². The number of nitrogens with zero attached hydrogens (tertiary/aromatic N) is 1. The van der Waals surface area contributed by atoms with Crippen molar-refractivity contribution in [1.29, 1.82) is 0 Å². The molecule has 1 aromatic rings. The Hall–Kier alpha value is -1.26. The van der Waals surface area contributed by atoms with Crippen molar-refractivity contribution in [3.8, 4) is 11.5 Å². The van der Waals surface area contributed by atoms with Gasteiger partial charge in [-0.2, -0.15) is 0 Å². The maximum Gasteiger partial charge on any atom is 0.161 e. The summed E-state index contributed by atoms with van der Waals surface area (Å²) in [7, 11) is 4.12. The van der Waals surface area contributed by atoms with E-state index in [1.165, 1.54) is 0 Å². The van der Waals surface area contributed by atoms with Gasteiger partial charge in [0, 0.05) is 13.1 Å². The molecule has 4 heteroatoms. The minimum absolute atomic E-state index is 0.640. The zero-order valence-corrected chi connectivity index (χ0v) is 13.2. The summed E-state index contributed by atoms with van der Waals surface area (Å²) in [5, 5.41) is 3.20. The zero-order chi connectivity index (χ0) is 14.8. The van der Waals surface area contributed by atoms with Gasteiger partial charge in [-0.05, 0) is 45.6 Å². The molecule has 0 aromatic heterocycles. The Morgan fingerprint density at radius 2 is 1.85 bits per heavy atom. The van der Waals surface area contributed by atoms with Crippen LogP contribution in [0.15, 0.2) is 24.3 Å². The van der Waals surface area contributed by atoms with E-state index in [1.54, 1.807) is 0 Å². The van der Waals surface area contributed by atoms with Crippen LogP contribution in [0.3, 0.4) is 0 Å². The quantitative estimate of drug-likeness (QED) is 0.713. The second-order valence-corrected chi connectivity index (χ2v) is 5.15. The Morgan fingerprint density at radius 1 is 1.20 bits per heavy atom. The Morgan fingerprint density at radius 3 is 2.45 bits per heavy atom. The van der Waals surface area contributed by atoms with E-state index in [0.717, 1.165) is 31.1 Å². The minimum atomic E-state index is 0.640. The van der Waals surface area contributed by atoms with Crippen molar-refractivity contribution < 1.29 is 9.47 Å². The predicted molar refractivity (Wildman–Crippen MR) is 83.7 cm³/mol. The molecular formula is C16H28N2O2. The number of para-hydroxylation sites is 2. The summed E-state index contributed by atoms with van der Waals surface area (Å²) < 4.78 is 11.4. The molecule has 1 N–H and O–H groups in total. The second-order valence-electron chi connectivity index (χ2n) is 5.15. The van der Waals surface area contributed by atoms with Crippen molar-refractivity contribution in [1.82, 2.24) is 10.2 Å². The van der Waals surface area contributed by atoms with Crippen LogP contribution in [0.1, 0.15) is 13.8 Å². The Balaban J connectivity index is 2.33. The summed E-state index contributed by atoms with van der Waals surface area (Å²) >= 11 is 0. The largest absolute Gasteiger partial charge is 0.490 e. The molecule has 0 aliphatic heterocycles. The van der Waals surface area contributed by atoms with Gasteiger partial charge in [-0.1, -0.05) is 19.1 Å². The molecule has 0 heterocycles. The van der Waals surface area contributed by atoms with Crippen LogP contribution in [0.4, 0.5) is 0 Å². The van der Waals surface area contributed by atoms with Crippen molar-refractivity contribution in [3.63, 3.8) is 0 Å². The minimum Gasteiger partial charge on any atom is -0.490 e. The zero-order valence-electron chi connectivity index (χ0n) is 13.2. The first-order chi connectivity index (χ1) is 9.67. The average Bonchev–Trinajstić information content (AvgIpc) is 2.41. The van der Waals surface area contributed by atoms with Gasteiger partial charge in [0.05, 0.1) is 6.61 Å². The lowest BCUT2D eigenvalue weighted by Crippen LogP contribution is -2.32. The van der Waals surface area contributed by atoms with Crippen molar-refractivity contribution in [3.05, 3.63) is 24.3 Å². The lowest BCUT2D eigenvalue weighted by Gasteiger charge is -2.21. The van der Waals surface area contributed by atoms with Crippen LogP contribution in [0.5, 0.6) is 11.5 Å². The number of rotatable bonds is 10. The van der Waals surface area contributed by atoms with Crippen LogP contribution in [-0.2, 0) is 0 Å². The van der Waals surface area contributed by atoms with Gasteiger partial charge >= 0.3 is 0 Å². The first kappa shape index (κ1) is 16.8. The molecule has 114 valence electrons. The van der Waals surface area contributed by atoms with Gasteiger partial charge in [0.1, 0.15) is 6.61 Å². The van der Waals surface area contributed by atoms with E-state index in [2.05, 4.69) is 24.2 Å². The number of hydrogen-bond acceptors (Lipinski definition) is 4. The van der Waals surface area contributed by atoms with E-state index in [-0.39, 0.29) is 0 Å². The molecule has 0 amide bonds. The normalized spacial score (nSPS) is 12.4. The van der Waals surface area contributed by atoms with E-state index in [4.69, 9.17) is 9.47 Å². The summed E-state index contributed by atoms with van der Waals surface area (Å²) in [6.07, 6.45) is 0. The SMILES string of the molecule is CCOc1ccccc1OCCN(C)CC(C)CNC. The monoisotopic (exact) mass is 280 g/mol. The smallest absolute Gasteiger partial charge is 0.161 e. The molecule has 1 rings (SSSR count). The van der Waals surface area contributed by atoms with Gasteiger partial charge in [0.15, 0.2) is 11.5 Å². The molecule has 0 bridgehead atoms. The summed E-state index contributed by atoms with van der Waals surface area (Å²) in [4.78, 5) is 2.30. The fourth-order valence-corrected chi connectivity index (χ4v) is 2.19. The van der Waals surface area contributed by atoms with Gasteiger partial charge in [-0.25, -0.2) is 0 Å². The third kappa shape index (κ3) is 6.26. The first-order valence-corrected chi connectivity index (χ1v) is 7.35.